The molecule has 1 heterocycles. The molecule has 2 aliphatic rings. The van der Waals surface area contributed by atoms with Crippen LogP contribution in [0.1, 0.15) is 46.0 Å². The highest BCUT2D eigenvalue weighted by molar-refractivity contribution is 8.00. The molecule has 1 saturated carbocycles. The van der Waals surface area contributed by atoms with Crippen LogP contribution in [0.4, 0.5) is 4.79 Å². The lowest BCUT2D eigenvalue weighted by atomic mass is 10.1. The first-order valence-electron chi connectivity index (χ1n) is 7.46. The summed E-state index contributed by atoms with van der Waals surface area (Å²) in [5.74, 6) is 0.245. The summed E-state index contributed by atoms with van der Waals surface area (Å²) in [6, 6.07) is -0.671. The summed E-state index contributed by atoms with van der Waals surface area (Å²) in [5.41, 5.74) is 0. The van der Waals surface area contributed by atoms with Crippen molar-refractivity contribution in [2.45, 2.75) is 63.4 Å². The number of carbonyl (C=O) groups is 2. The van der Waals surface area contributed by atoms with Crippen LogP contribution in [0.3, 0.4) is 0 Å². The number of hydrogen-bond acceptors (Lipinski definition) is 3. The summed E-state index contributed by atoms with van der Waals surface area (Å²) in [5, 5.41) is 12.3. The lowest BCUT2D eigenvalue weighted by molar-refractivity contribution is -0.141. The standard InChI is InChI=1S/C14H24N2O3S/c1-3-4-12-16(11(8-20-12)13(17)18)14(19)15-10-6-5-9(2)7-10/h9-12H,3-8H2,1-2H3,(H,15,19)(H,17,18). The molecule has 5 nitrogen and oxygen atoms in total. The molecule has 114 valence electrons. The van der Waals surface area contributed by atoms with E-state index in [1.165, 1.54) is 0 Å². The van der Waals surface area contributed by atoms with Crippen LogP contribution in [0.5, 0.6) is 0 Å². The zero-order valence-corrected chi connectivity index (χ0v) is 13.0. The first kappa shape index (κ1) is 15.5. The van der Waals surface area contributed by atoms with Crippen molar-refractivity contribution >= 4 is 23.8 Å². The van der Waals surface area contributed by atoms with E-state index in [0.717, 1.165) is 32.1 Å². The van der Waals surface area contributed by atoms with Gasteiger partial charge in [0.05, 0.1) is 5.37 Å². The predicted molar refractivity (Wildman–Crippen MR) is 79.8 cm³/mol. The fraction of sp³-hybridized carbons (Fsp3) is 0.857. The number of thioether (sulfide) groups is 1. The molecule has 4 atom stereocenters. The number of hydrogen-bond donors (Lipinski definition) is 2. The molecule has 2 amide bonds. The van der Waals surface area contributed by atoms with Crippen molar-refractivity contribution in [3.63, 3.8) is 0 Å². The first-order valence-corrected chi connectivity index (χ1v) is 8.51. The molecule has 0 aromatic rings. The van der Waals surface area contributed by atoms with Gasteiger partial charge in [-0.2, -0.15) is 0 Å². The highest BCUT2D eigenvalue weighted by atomic mass is 32.2. The van der Waals surface area contributed by atoms with Gasteiger partial charge in [-0.1, -0.05) is 20.3 Å². The molecule has 1 aliphatic carbocycles. The van der Waals surface area contributed by atoms with Crippen molar-refractivity contribution in [3.8, 4) is 0 Å². The van der Waals surface area contributed by atoms with E-state index < -0.39 is 12.0 Å². The van der Waals surface area contributed by atoms with E-state index in [1.54, 1.807) is 16.7 Å². The smallest absolute Gasteiger partial charge is 0.327 e. The van der Waals surface area contributed by atoms with Crippen molar-refractivity contribution in [2.24, 2.45) is 5.92 Å². The Morgan fingerprint density at radius 2 is 2.15 bits per heavy atom. The number of urea groups is 1. The van der Waals surface area contributed by atoms with Gasteiger partial charge in [0.15, 0.2) is 0 Å². The van der Waals surface area contributed by atoms with Gasteiger partial charge in [-0.25, -0.2) is 9.59 Å². The largest absolute Gasteiger partial charge is 0.480 e. The van der Waals surface area contributed by atoms with Crippen LogP contribution in [-0.4, -0.2) is 45.2 Å². The highest BCUT2D eigenvalue weighted by Gasteiger charge is 2.41. The van der Waals surface area contributed by atoms with Crippen LogP contribution in [0.25, 0.3) is 0 Å². The maximum atomic E-state index is 12.4. The summed E-state index contributed by atoms with van der Waals surface area (Å²) in [4.78, 5) is 25.3. The normalized spacial score (nSPS) is 33.4. The molecule has 2 N–H and O–H groups in total. The third kappa shape index (κ3) is 3.40. The number of carboxylic acids is 1. The van der Waals surface area contributed by atoms with Crippen LogP contribution >= 0.6 is 11.8 Å². The van der Waals surface area contributed by atoms with Crippen molar-refractivity contribution in [3.05, 3.63) is 0 Å². The quantitative estimate of drug-likeness (QED) is 0.837. The Morgan fingerprint density at radius 1 is 1.40 bits per heavy atom. The molecule has 1 saturated heterocycles. The van der Waals surface area contributed by atoms with E-state index in [2.05, 4.69) is 19.2 Å². The summed E-state index contributed by atoms with van der Waals surface area (Å²) in [6.07, 6.45) is 4.95. The third-order valence-corrected chi connectivity index (χ3v) is 5.53. The number of rotatable bonds is 4. The van der Waals surface area contributed by atoms with Gasteiger partial charge >= 0.3 is 12.0 Å². The average Bonchev–Trinajstić information content (AvgIpc) is 2.96. The molecule has 2 rings (SSSR count). The molecular weight excluding hydrogens is 276 g/mol. The van der Waals surface area contributed by atoms with Crippen LogP contribution in [0.15, 0.2) is 0 Å². The van der Waals surface area contributed by atoms with Crippen LogP contribution in [0.2, 0.25) is 0 Å². The zero-order chi connectivity index (χ0) is 14.7. The Balaban J connectivity index is 2.00. The molecule has 20 heavy (non-hydrogen) atoms. The minimum atomic E-state index is -0.897. The van der Waals surface area contributed by atoms with E-state index in [9.17, 15) is 14.7 Å². The Kier molecular flexibility index (Phi) is 5.18. The molecule has 0 aromatic heterocycles. The molecule has 0 radical (unpaired) electrons. The van der Waals surface area contributed by atoms with Crippen molar-refractivity contribution in [1.29, 1.82) is 0 Å². The molecule has 0 aromatic carbocycles. The average molecular weight is 300 g/mol. The Labute approximate surface area is 124 Å². The molecule has 4 unspecified atom stereocenters. The van der Waals surface area contributed by atoms with Crippen LogP contribution < -0.4 is 5.32 Å². The number of nitrogens with zero attached hydrogens (tertiary/aromatic N) is 1. The van der Waals surface area contributed by atoms with E-state index >= 15 is 0 Å². The van der Waals surface area contributed by atoms with Crippen molar-refractivity contribution in [1.82, 2.24) is 10.2 Å². The Morgan fingerprint density at radius 3 is 2.70 bits per heavy atom. The fourth-order valence-corrected chi connectivity index (χ4v) is 4.60. The molecule has 0 spiro atoms. The van der Waals surface area contributed by atoms with Gasteiger partial charge < -0.3 is 10.4 Å². The monoisotopic (exact) mass is 300 g/mol. The van der Waals surface area contributed by atoms with Gasteiger partial charge in [0, 0.05) is 11.8 Å². The van der Waals surface area contributed by atoms with E-state index in [4.69, 9.17) is 0 Å². The second kappa shape index (κ2) is 6.70. The minimum absolute atomic E-state index is 0.0000680. The second-order valence-electron chi connectivity index (χ2n) is 5.90. The lowest BCUT2D eigenvalue weighted by Crippen LogP contribution is -2.52. The van der Waals surface area contributed by atoms with Crippen LogP contribution in [0, 0.1) is 5.92 Å². The van der Waals surface area contributed by atoms with Gasteiger partial charge in [-0.3, -0.25) is 4.90 Å². The molecule has 6 heteroatoms. The van der Waals surface area contributed by atoms with Gasteiger partial charge in [0.25, 0.3) is 0 Å². The topological polar surface area (TPSA) is 69.6 Å². The zero-order valence-electron chi connectivity index (χ0n) is 12.2. The fourth-order valence-electron chi connectivity index (χ4n) is 3.08. The number of aliphatic carboxylic acids is 1. The maximum absolute atomic E-state index is 12.4. The van der Waals surface area contributed by atoms with Gasteiger partial charge in [-0.15, -0.1) is 11.8 Å². The highest BCUT2D eigenvalue weighted by Crippen LogP contribution is 2.33. The minimum Gasteiger partial charge on any atom is -0.480 e. The van der Waals surface area contributed by atoms with Crippen molar-refractivity contribution < 1.29 is 14.7 Å². The first-order chi connectivity index (χ1) is 9.52. The number of carbonyl (C=O) groups excluding carboxylic acids is 1. The summed E-state index contributed by atoms with van der Waals surface area (Å²) in [7, 11) is 0. The summed E-state index contributed by atoms with van der Waals surface area (Å²) >= 11 is 1.58. The molecule has 1 aliphatic heterocycles. The van der Waals surface area contributed by atoms with E-state index in [1.807, 2.05) is 0 Å². The van der Waals surface area contributed by atoms with Crippen molar-refractivity contribution in [2.75, 3.05) is 5.75 Å². The number of nitrogens with one attached hydrogen (secondary N) is 1. The summed E-state index contributed by atoms with van der Waals surface area (Å²) < 4.78 is 0. The maximum Gasteiger partial charge on any atom is 0.327 e. The predicted octanol–water partition coefficient (Wildman–Crippen LogP) is 2.51. The second-order valence-corrected chi connectivity index (χ2v) is 7.11. The summed E-state index contributed by atoms with van der Waals surface area (Å²) in [6.45, 7) is 4.25. The SMILES string of the molecule is CCCC1SCC(C(=O)O)N1C(=O)NC1CCC(C)C1. The van der Waals surface area contributed by atoms with Gasteiger partial charge in [-0.05, 0) is 31.6 Å². The third-order valence-electron chi connectivity index (χ3n) is 4.17. The molecular formula is C14H24N2O3S. The number of amides is 2. The molecule has 0 bridgehead atoms. The van der Waals surface area contributed by atoms with E-state index in [0.29, 0.717) is 11.7 Å². The van der Waals surface area contributed by atoms with E-state index in [-0.39, 0.29) is 17.4 Å². The Bertz CT molecular complexity index is 377. The van der Waals surface area contributed by atoms with Gasteiger partial charge in [0.2, 0.25) is 0 Å². The molecule has 2 fully saturated rings. The lowest BCUT2D eigenvalue weighted by Gasteiger charge is -2.28. The number of carboxylic acid groups (broad SMARTS) is 1. The van der Waals surface area contributed by atoms with Crippen LogP contribution in [-0.2, 0) is 4.79 Å². The van der Waals surface area contributed by atoms with Gasteiger partial charge in [0.1, 0.15) is 6.04 Å². The Hall–Kier alpha value is -0.910.